The Morgan fingerprint density at radius 2 is 2.17 bits per heavy atom. The van der Waals surface area contributed by atoms with E-state index in [0.29, 0.717) is 5.15 Å². The van der Waals surface area contributed by atoms with E-state index in [1.165, 1.54) is 0 Å². The Morgan fingerprint density at radius 3 is 2.94 bits per heavy atom. The van der Waals surface area contributed by atoms with Crippen LogP contribution in [-0.4, -0.2) is 58.7 Å². The van der Waals surface area contributed by atoms with Crippen LogP contribution < -0.4 is 0 Å². The summed E-state index contributed by atoms with van der Waals surface area (Å²) in [6.45, 7) is 4.00. The zero-order chi connectivity index (χ0) is 12.5. The van der Waals surface area contributed by atoms with E-state index in [9.17, 15) is 0 Å². The fourth-order valence-corrected chi connectivity index (χ4v) is 2.93. The third-order valence-corrected chi connectivity index (χ3v) is 4.11. The molecular weight excluding hydrogens is 270 g/mol. The molecular formula is C11H14ClN5S. The van der Waals surface area contributed by atoms with E-state index in [-0.39, 0.29) is 0 Å². The summed E-state index contributed by atoms with van der Waals surface area (Å²) in [6, 6.07) is 0. The highest BCUT2D eigenvalue weighted by atomic mass is 35.5. The van der Waals surface area contributed by atoms with Crippen LogP contribution in [0, 0.1) is 0 Å². The molecule has 0 radical (unpaired) electrons. The molecule has 0 unspecified atom stereocenters. The molecule has 0 saturated carbocycles. The second-order valence-corrected chi connectivity index (χ2v) is 5.58. The van der Waals surface area contributed by atoms with E-state index in [2.05, 4.69) is 27.0 Å². The minimum Gasteiger partial charge on any atom is -0.303 e. The average Bonchev–Trinajstić information content (AvgIpc) is 2.90. The fraction of sp³-hybridized carbons (Fsp3) is 0.455. The van der Waals surface area contributed by atoms with Crippen molar-refractivity contribution in [2.24, 2.45) is 5.10 Å². The molecule has 1 aliphatic rings. The average molecular weight is 284 g/mol. The summed E-state index contributed by atoms with van der Waals surface area (Å²) in [5, 5.41) is 9.07. The molecule has 1 fully saturated rings. The molecule has 96 valence electrons. The molecule has 0 aliphatic carbocycles. The molecule has 0 N–H and O–H groups in total. The second-order valence-electron chi connectivity index (χ2n) is 4.34. The maximum absolute atomic E-state index is 6.11. The number of halogens is 1. The molecule has 18 heavy (non-hydrogen) atoms. The van der Waals surface area contributed by atoms with Gasteiger partial charge in [0.2, 0.25) is 0 Å². The zero-order valence-corrected chi connectivity index (χ0v) is 11.7. The van der Waals surface area contributed by atoms with Crippen molar-refractivity contribution >= 4 is 34.1 Å². The number of imidazole rings is 1. The number of rotatable bonds is 2. The minimum absolute atomic E-state index is 0.514. The van der Waals surface area contributed by atoms with Gasteiger partial charge in [0.05, 0.1) is 6.21 Å². The van der Waals surface area contributed by atoms with Crippen LogP contribution in [-0.2, 0) is 0 Å². The van der Waals surface area contributed by atoms with E-state index in [0.717, 1.165) is 36.8 Å². The van der Waals surface area contributed by atoms with Gasteiger partial charge >= 0.3 is 0 Å². The van der Waals surface area contributed by atoms with Crippen molar-refractivity contribution < 1.29 is 0 Å². The van der Waals surface area contributed by atoms with E-state index in [1.807, 2.05) is 16.0 Å². The van der Waals surface area contributed by atoms with Crippen LogP contribution in [0.25, 0.3) is 4.96 Å². The van der Waals surface area contributed by atoms with Crippen molar-refractivity contribution in [2.75, 3.05) is 33.2 Å². The largest absolute Gasteiger partial charge is 0.303 e. The van der Waals surface area contributed by atoms with Gasteiger partial charge in [0.25, 0.3) is 0 Å². The third kappa shape index (κ3) is 2.23. The summed E-state index contributed by atoms with van der Waals surface area (Å²) in [5.74, 6) is 0. The molecule has 0 atom stereocenters. The van der Waals surface area contributed by atoms with Crippen LogP contribution in [0.15, 0.2) is 16.7 Å². The number of hydrogen-bond acceptors (Lipinski definition) is 5. The van der Waals surface area contributed by atoms with Gasteiger partial charge in [-0.05, 0) is 7.05 Å². The van der Waals surface area contributed by atoms with Crippen molar-refractivity contribution in [2.45, 2.75) is 0 Å². The summed E-state index contributed by atoms with van der Waals surface area (Å²) in [6.07, 6.45) is 3.77. The summed E-state index contributed by atoms with van der Waals surface area (Å²) in [7, 11) is 2.13. The Bertz CT molecular complexity index is 567. The highest BCUT2D eigenvalue weighted by Crippen LogP contribution is 2.19. The summed E-state index contributed by atoms with van der Waals surface area (Å²) < 4.78 is 1.96. The number of thiazole rings is 1. The molecule has 3 rings (SSSR count). The Morgan fingerprint density at radius 1 is 1.39 bits per heavy atom. The second kappa shape index (κ2) is 4.87. The number of nitrogens with zero attached hydrogens (tertiary/aromatic N) is 5. The highest BCUT2D eigenvalue weighted by molar-refractivity contribution is 7.15. The Labute approximate surface area is 114 Å². The van der Waals surface area contributed by atoms with Crippen LogP contribution in [0.1, 0.15) is 5.69 Å². The van der Waals surface area contributed by atoms with Gasteiger partial charge in [0, 0.05) is 37.8 Å². The molecule has 5 nitrogen and oxygen atoms in total. The van der Waals surface area contributed by atoms with E-state index in [1.54, 1.807) is 17.6 Å². The van der Waals surface area contributed by atoms with E-state index < -0.39 is 0 Å². The highest BCUT2D eigenvalue weighted by Gasteiger charge is 2.13. The van der Waals surface area contributed by atoms with Gasteiger partial charge in [-0.1, -0.05) is 11.6 Å². The van der Waals surface area contributed by atoms with Gasteiger partial charge in [0.1, 0.15) is 5.69 Å². The van der Waals surface area contributed by atoms with Gasteiger partial charge in [0.15, 0.2) is 10.1 Å². The smallest absolute Gasteiger partial charge is 0.195 e. The standard InChI is InChI=1S/C11H14ClN5S/c1-15-2-4-16(5-3-15)13-8-9-10(12)14-11-17(9)6-7-18-11/h6-8H,2-5H2,1H3/b13-8+. The predicted molar refractivity (Wildman–Crippen MR) is 74.7 cm³/mol. The predicted octanol–water partition coefficient (Wildman–Crippen LogP) is 1.63. The number of hydrogen-bond donors (Lipinski definition) is 0. The number of piperazine rings is 1. The lowest BCUT2D eigenvalue weighted by Crippen LogP contribution is -2.41. The minimum atomic E-state index is 0.514. The number of hydrazone groups is 1. The number of fused-ring (bicyclic) bond motifs is 1. The maximum atomic E-state index is 6.11. The maximum Gasteiger partial charge on any atom is 0.195 e. The first-order chi connectivity index (χ1) is 8.74. The molecule has 0 spiro atoms. The van der Waals surface area contributed by atoms with Crippen molar-refractivity contribution in [3.05, 3.63) is 22.4 Å². The van der Waals surface area contributed by atoms with Crippen LogP contribution in [0.5, 0.6) is 0 Å². The number of likely N-dealkylation sites (N-methyl/N-ethyl adjacent to an activating group) is 1. The molecule has 0 bridgehead atoms. The van der Waals surface area contributed by atoms with Gasteiger partial charge in [-0.2, -0.15) is 5.10 Å². The van der Waals surface area contributed by atoms with Crippen LogP contribution in [0.2, 0.25) is 5.15 Å². The first-order valence-electron chi connectivity index (χ1n) is 5.82. The summed E-state index contributed by atoms with van der Waals surface area (Å²) >= 11 is 7.68. The first kappa shape index (κ1) is 12.0. The van der Waals surface area contributed by atoms with Crippen molar-refractivity contribution in [3.63, 3.8) is 0 Å². The summed E-state index contributed by atoms with van der Waals surface area (Å²) in [4.78, 5) is 7.48. The first-order valence-corrected chi connectivity index (χ1v) is 7.08. The van der Waals surface area contributed by atoms with Crippen LogP contribution >= 0.6 is 22.9 Å². The molecule has 1 saturated heterocycles. The van der Waals surface area contributed by atoms with Gasteiger partial charge < -0.3 is 4.90 Å². The summed E-state index contributed by atoms with van der Waals surface area (Å²) in [5.41, 5.74) is 0.854. The lowest BCUT2D eigenvalue weighted by molar-refractivity contribution is 0.159. The van der Waals surface area contributed by atoms with Gasteiger partial charge in [-0.15, -0.1) is 11.3 Å². The Hall–Kier alpha value is -1.11. The molecule has 1 aliphatic heterocycles. The number of aromatic nitrogens is 2. The van der Waals surface area contributed by atoms with Gasteiger partial charge in [-0.25, -0.2) is 4.98 Å². The Balaban J connectivity index is 1.79. The SMILES string of the molecule is CN1CCN(/N=C/c2c(Cl)nc3sccn23)CC1. The lowest BCUT2D eigenvalue weighted by atomic mass is 10.4. The molecule has 0 amide bonds. The molecule has 7 heteroatoms. The van der Waals surface area contributed by atoms with Crippen molar-refractivity contribution in [3.8, 4) is 0 Å². The Kier molecular flexibility index (Phi) is 3.23. The van der Waals surface area contributed by atoms with E-state index in [4.69, 9.17) is 11.6 Å². The normalized spacial score (nSPS) is 18.2. The van der Waals surface area contributed by atoms with Crippen LogP contribution in [0.4, 0.5) is 0 Å². The van der Waals surface area contributed by atoms with Crippen LogP contribution in [0.3, 0.4) is 0 Å². The molecule has 3 heterocycles. The fourth-order valence-electron chi connectivity index (χ4n) is 1.94. The topological polar surface area (TPSA) is 36.1 Å². The quantitative estimate of drug-likeness (QED) is 0.786. The molecule has 0 aromatic carbocycles. The molecule has 2 aromatic rings. The van der Waals surface area contributed by atoms with Crippen molar-refractivity contribution in [1.29, 1.82) is 0 Å². The monoisotopic (exact) mass is 283 g/mol. The van der Waals surface area contributed by atoms with Gasteiger partial charge in [-0.3, -0.25) is 9.41 Å². The van der Waals surface area contributed by atoms with Crippen molar-refractivity contribution in [1.82, 2.24) is 19.3 Å². The van der Waals surface area contributed by atoms with E-state index >= 15 is 0 Å². The zero-order valence-electron chi connectivity index (χ0n) is 10.1. The lowest BCUT2D eigenvalue weighted by Gasteiger charge is -2.30. The molecule has 2 aromatic heterocycles. The third-order valence-electron chi connectivity index (χ3n) is 3.08.